The lowest BCUT2D eigenvalue weighted by molar-refractivity contribution is -0.139. The van der Waals surface area contributed by atoms with Crippen LogP contribution < -0.4 is 14.4 Å². The third-order valence-corrected chi connectivity index (χ3v) is 8.71. The zero-order valence-electron chi connectivity index (χ0n) is 22.2. The molecule has 0 saturated heterocycles. The molecule has 1 N–H and O–H groups in total. The molecule has 10 heteroatoms. The van der Waals surface area contributed by atoms with Gasteiger partial charge in [-0.2, -0.15) is 0 Å². The number of carbonyl (C=O) groups excluding carboxylic acids is 2. The molecular weight excluding hydrogens is 522 g/mol. The summed E-state index contributed by atoms with van der Waals surface area (Å²) in [6.07, 6.45) is 1.91. The lowest BCUT2D eigenvalue weighted by Gasteiger charge is -2.31. The number of benzene rings is 3. The first-order chi connectivity index (χ1) is 18.1. The molecule has 0 aliphatic carbocycles. The van der Waals surface area contributed by atoms with Crippen molar-refractivity contribution in [2.24, 2.45) is 0 Å². The fraction of sp³-hybridized carbons (Fsp3) is 0.286. The number of nitrogens with one attached hydrogen (secondary N) is 1. The van der Waals surface area contributed by atoms with E-state index in [2.05, 4.69) is 5.32 Å². The number of anilines is 1. The largest absolute Gasteiger partial charge is 0.497 e. The second kappa shape index (κ2) is 12.8. The molecular formula is C28H33N3O5S2. The number of hydrogen-bond acceptors (Lipinski definition) is 6. The summed E-state index contributed by atoms with van der Waals surface area (Å²) in [5.41, 5.74) is 2.08. The van der Waals surface area contributed by atoms with Crippen LogP contribution in [0.1, 0.15) is 18.1 Å². The average Bonchev–Trinajstić information content (AvgIpc) is 2.94. The van der Waals surface area contributed by atoms with Crippen molar-refractivity contribution < 1.29 is 22.7 Å². The van der Waals surface area contributed by atoms with Crippen molar-refractivity contribution in [3.05, 3.63) is 83.9 Å². The molecule has 2 amide bonds. The summed E-state index contributed by atoms with van der Waals surface area (Å²) >= 11 is 1.51. The van der Waals surface area contributed by atoms with Crippen LogP contribution in [0.15, 0.2) is 82.6 Å². The van der Waals surface area contributed by atoms with Crippen molar-refractivity contribution in [3.8, 4) is 5.75 Å². The fourth-order valence-corrected chi connectivity index (χ4v) is 5.66. The highest BCUT2D eigenvalue weighted by atomic mass is 32.2. The summed E-state index contributed by atoms with van der Waals surface area (Å²) in [5.74, 6) is -0.207. The summed E-state index contributed by atoms with van der Waals surface area (Å²) in [5, 5.41) is 2.58. The lowest BCUT2D eigenvalue weighted by Crippen LogP contribution is -2.50. The molecule has 38 heavy (non-hydrogen) atoms. The van der Waals surface area contributed by atoms with Crippen LogP contribution in [0.2, 0.25) is 0 Å². The average molecular weight is 556 g/mol. The summed E-state index contributed by atoms with van der Waals surface area (Å²) in [4.78, 5) is 28.7. The maximum Gasteiger partial charge on any atom is 0.264 e. The highest BCUT2D eigenvalue weighted by molar-refractivity contribution is 7.98. The first-order valence-corrected chi connectivity index (χ1v) is 14.6. The molecule has 0 radical (unpaired) electrons. The number of likely N-dealkylation sites (N-methyl/N-ethyl adjacent to an activating group) is 1. The molecule has 3 rings (SSSR count). The van der Waals surface area contributed by atoms with Crippen LogP contribution in [-0.4, -0.2) is 58.1 Å². The molecule has 0 saturated carbocycles. The van der Waals surface area contributed by atoms with Gasteiger partial charge in [0.05, 0.1) is 17.7 Å². The maximum absolute atomic E-state index is 13.8. The van der Waals surface area contributed by atoms with Gasteiger partial charge in [0, 0.05) is 18.5 Å². The molecule has 0 aliphatic rings. The Hall–Kier alpha value is -3.50. The Morgan fingerprint density at radius 3 is 2.11 bits per heavy atom. The van der Waals surface area contributed by atoms with Gasteiger partial charge < -0.3 is 15.0 Å². The van der Waals surface area contributed by atoms with E-state index in [0.717, 1.165) is 20.3 Å². The highest BCUT2D eigenvalue weighted by Crippen LogP contribution is 2.26. The zero-order valence-corrected chi connectivity index (χ0v) is 23.8. The number of hydrogen-bond donors (Lipinski definition) is 1. The maximum atomic E-state index is 13.8. The summed E-state index contributed by atoms with van der Waals surface area (Å²) in [7, 11) is -1.04. The van der Waals surface area contributed by atoms with Gasteiger partial charge in [-0.3, -0.25) is 13.9 Å². The van der Waals surface area contributed by atoms with Gasteiger partial charge >= 0.3 is 0 Å². The summed E-state index contributed by atoms with van der Waals surface area (Å²) < 4.78 is 33.9. The second-order valence-corrected chi connectivity index (χ2v) is 11.4. The standard InChI is InChI=1S/C28H33N3O5S2/c1-20-6-10-23(11-7-20)31(38(34,35)26-16-14-25(37-5)15-17-26)19-27(32)30(21(2)28(33)29-3)18-22-8-12-24(36-4)13-9-22/h6-17,21H,18-19H2,1-5H3,(H,29,33). The van der Waals surface area contributed by atoms with E-state index in [9.17, 15) is 18.0 Å². The lowest BCUT2D eigenvalue weighted by atomic mass is 10.1. The molecule has 0 fully saturated rings. The van der Waals surface area contributed by atoms with Crippen LogP contribution in [-0.2, 0) is 26.2 Å². The van der Waals surface area contributed by atoms with Gasteiger partial charge in [-0.1, -0.05) is 29.8 Å². The molecule has 0 bridgehead atoms. The normalized spacial score (nSPS) is 11.9. The Labute approximate surface area is 229 Å². The van der Waals surface area contributed by atoms with Gasteiger partial charge in [0.2, 0.25) is 11.8 Å². The van der Waals surface area contributed by atoms with Crippen molar-refractivity contribution >= 4 is 39.3 Å². The molecule has 8 nitrogen and oxygen atoms in total. The van der Waals surface area contributed by atoms with Gasteiger partial charge in [0.1, 0.15) is 18.3 Å². The molecule has 0 spiro atoms. The van der Waals surface area contributed by atoms with Crippen LogP contribution in [0.5, 0.6) is 5.75 Å². The number of thioether (sulfide) groups is 1. The molecule has 1 unspecified atom stereocenters. The third-order valence-electron chi connectivity index (χ3n) is 6.17. The minimum absolute atomic E-state index is 0.0738. The van der Waals surface area contributed by atoms with E-state index >= 15 is 0 Å². The van der Waals surface area contributed by atoms with Gasteiger partial charge in [0.15, 0.2) is 0 Å². The van der Waals surface area contributed by atoms with Gasteiger partial charge in [-0.05, 0) is 74.2 Å². The molecule has 1 atom stereocenters. The number of carbonyl (C=O) groups is 2. The Kier molecular flexibility index (Phi) is 9.82. The Bertz CT molecular complexity index is 1340. The molecule has 202 valence electrons. The minimum Gasteiger partial charge on any atom is -0.497 e. The van der Waals surface area contributed by atoms with Crippen molar-refractivity contribution in [2.75, 3.05) is 31.3 Å². The van der Waals surface area contributed by atoms with E-state index in [4.69, 9.17) is 4.74 Å². The number of methoxy groups -OCH3 is 1. The molecule has 0 heterocycles. The number of sulfonamides is 1. The number of rotatable bonds is 11. The van der Waals surface area contributed by atoms with Crippen molar-refractivity contribution in [3.63, 3.8) is 0 Å². The predicted octanol–water partition coefficient (Wildman–Crippen LogP) is 4.08. The van der Waals surface area contributed by atoms with Crippen molar-refractivity contribution in [1.82, 2.24) is 10.2 Å². The molecule has 3 aromatic carbocycles. The van der Waals surface area contributed by atoms with Gasteiger partial charge in [0.25, 0.3) is 10.0 Å². The minimum atomic E-state index is -4.09. The van der Waals surface area contributed by atoms with Gasteiger partial charge in [-0.25, -0.2) is 8.42 Å². The molecule has 0 aliphatic heterocycles. The Balaban J connectivity index is 2.01. The number of nitrogens with zero attached hydrogens (tertiary/aromatic N) is 2. The third kappa shape index (κ3) is 6.87. The Morgan fingerprint density at radius 1 is 0.974 bits per heavy atom. The molecule has 0 aromatic heterocycles. The van der Waals surface area contributed by atoms with E-state index in [-0.39, 0.29) is 17.3 Å². The van der Waals surface area contributed by atoms with E-state index in [1.807, 2.05) is 13.2 Å². The van der Waals surface area contributed by atoms with Crippen molar-refractivity contribution in [1.29, 1.82) is 0 Å². The van der Waals surface area contributed by atoms with E-state index in [0.29, 0.717) is 11.4 Å². The first kappa shape index (κ1) is 29.1. The van der Waals surface area contributed by atoms with Crippen molar-refractivity contribution in [2.45, 2.75) is 36.2 Å². The quantitative estimate of drug-likeness (QED) is 0.358. The van der Waals surface area contributed by atoms with Crippen LogP contribution in [0.3, 0.4) is 0 Å². The zero-order chi connectivity index (χ0) is 27.9. The van der Waals surface area contributed by atoms with E-state index in [1.165, 1.54) is 35.8 Å². The summed E-state index contributed by atoms with van der Waals surface area (Å²) in [6, 6.07) is 19.8. The highest BCUT2D eigenvalue weighted by Gasteiger charge is 2.32. The number of ether oxygens (including phenoxy) is 1. The van der Waals surface area contributed by atoms with E-state index < -0.39 is 28.5 Å². The fourth-order valence-electron chi connectivity index (χ4n) is 3.83. The molecule has 3 aromatic rings. The SMILES string of the molecule is CNC(=O)C(C)N(Cc1ccc(OC)cc1)C(=O)CN(c1ccc(C)cc1)S(=O)(=O)c1ccc(SC)cc1. The van der Waals surface area contributed by atoms with Gasteiger partial charge in [-0.15, -0.1) is 11.8 Å². The van der Waals surface area contributed by atoms with E-state index in [1.54, 1.807) is 74.7 Å². The monoisotopic (exact) mass is 555 g/mol. The first-order valence-electron chi connectivity index (χ1n) is 12.0. The predicted molar refractivity (Wildman–Crippen MR) is 151 cm³/mol. The number of amides is 2. The summed E-state index contributed by atoms with van der Waals surface area (Å²) in [6.45, 7) is 3.15. The van der Waals surface area contributed by atoms with Crippen LogP contribution in [0, 0.1) is 6.92 Å². The van der Waals surface area contributed by atoms with Crippen LogP contribution >= 0.6 is 11.8 Å². The number of aryl methyl sites for hydroxylation is 1. The Morgan fingerprint density at radius 2 is 1.58 bits per heavy atom. The van der Waals surface area contributed by atoms with Crippen LogP contribution in [0.25, 0.3) is 0 Å². The smallest absolute Gasteiger partial charge is 0.264 e. The van der Waals surface area contributed by atoms with Crippen LogP contribution in [0.4, 0.5) is 5.69 Å². The topological polar surface area (TPSA) is 96.0 Å². The second-order valence-electron chi connectivity index (χ2n) is 8.68.